The summed E-state index contributed by atoms with van der Waals surface area (Å²) in [5.41, 5.74) is -2.15. The summed E-state index contributed by atoms with van der Waals surface area (Å²) < 4.78 is 34.4. The molecule has 2 heterocycles. The maximum atomic E-state index is 13.6. The summed E-state index contributed by atoms with van der Waals surface area (Å²) in [7, 11) is -4.09. The molecule has 3 rings (SSSR count). The second-order valence-electron chi connectivity index (χ2n) is 11.6. The van der Waals surface area contributed by atoms with Crippen molar-refractivity contribution in [2.75, 3.05) is 13.1 Å². The molecule has 0 bridgehead atoms. The molecule has 0 aromatic heterocycles. The van der Waals surface area contributed by atoms with Crippen LogP contribution in [0.3, 0.4) is 0 Å². The number of carbonyl (C=O) groups excluding carboxylic acids is 4. The summed E-state index contributed by atoms with van der Waals surface area (Å²) in [6, 6.07) is -1.69. The number of hydrogen-bond acceptors (Lipinski definition) is 7. The van der Waals surface area contributed by atoms with E-state index < -0.39 is 51.3 Å². The fourth-order valence-corrected chi connectivity index (χ4v) is 6.00. The molecule has 0 radical (unpaired) electrons. The highest BCUT2D eigenvalue weighted by Crippen LogP contribution is 2.45. The average molecular weight is 570 g/mol. The molecule has 13 heteroatoms. The zero-order chi connectivity index (χ0) is 28.8. The normalized spacial score (nSPS) is 29.1. The van der Waals surface area contributed by atoms with Gasteiger partial charge in [0, 0.05) is 19.0 Å². The first-order valence-electron chi connectivity index (χ1n) is 13.9. The summed E-state index contributed by atoms with van der Waals surface area (Å²) in [6.45, 7) is 7.52. The fourth-order valence-electron chi connectivity index (χ4n) is 5.03. The molecule has 0 aromatic rings. The van der Waals surface area contributed by atoms with Gasteiger partial charge in [-0.2, -0.15) is 13.1 Å². The smallest absolute Gasteiger partial charge is 0.408 e. The Morgan fingerprint density at radius 1 is 1.15 bits per heavy atom. The molecule has 12 nitrogen and oxygen atoms in total. The van der Waals surface area contributed by atoms with Crippen molar-refractivity contribution in [1.29, 1.82) is 0 Å². The number of rotatable bonds is 6. The Labute approximate surface area is 231 Å². The van der Waals surface area contributed by atoms with Gasteiger partial charge < -0.3 is 20.3 Å². The summed E-state index contributed by atoms with van der Waals surface area (Å²) in [6.07, 6.45) is 8.38. The molecule has 220 valence electrons. The van der Waals surface area contributed by atoms with Gasteiger partial charge in [0.05, 0.1) is 0 Å². The maximum Gasteiger partial charge on any atom is 0.408 e. The number of nitrogens with one attached hydrogen (secondary N) is 4. The predicted octanol–water partition coefficient (Wildman–Crippen LogP) is 1.63. The largest absolute Gasteiger partial charge is 0.444 e. The van der Waals surface area contributed by atoms with E-state index in [0.717, 1.165) is 19.3 Å². The third-order valence-corrected chi connectivity index (χ3v) is 8.13. The Kier molecular flexibility index (Phi) is 10.0. The Bertz CT molecular complexity index is 1070. The monoisotopic (exact) mass is 569 g/mol. The highest BCUT2D eigenvalue weighted by atomic mass is 32.2. The molecule has 1 saturated heterocycles. The molecule has 1 saturated carbocycles. The SMILES string of the molecule is CCCNS(=O)(=O)NC(=O)[C@@]12C[C@H]1/C=C\CCCCC[C@H](NC(=O)OC(C)(C)C)C(=O)N1CCC[C@H]1C(=O)N2. The average Bonchev–Trinajstić information content (AvgIpc) is 3.29. The van der Waals surface area contributed by atoms with E-state index in [1.165, 1.54) is 4.90 Å². The van der Waals surface area contributed by atoms with E-state index in [2.05, 4.69) is 20.1 Å². The predicted molar refractivity (Wildman–Crippen MR) is 144 cm³/mol. The maximum absolute atomic E-state index is 13.6. The summed E-state index contributed by atoms with van der Waals surface area (Å²) >= 11 is 0. The van der Waals surface area contributed by atoms with Gasteiger partial charge in [0.2, 0.25) is 11.8 Å². The number of alkyl carbamates (subject to hydrolysis) is 1. The number of fused-ring (bicyclic) bond motifs is 2. The van der Waals surface area contributed by atoms with Crippen molar-refractivity contribution in [2.45, 2.75) is 109 Å². The lowest BCUT2D eigenvalue weighted by Gasteiger charge is -2.30. The molecule has 1 aliphatic carbocycles. The van der Waals surface area contributed by atoms with Gasteiger partial charge >= 0.3 is 16.3 Å². The van der Waals surface area contributed by atoms with Crippen LogP contribution in [0, 0.1) is 5.92 Å². The van der Waals surface area contributed by atoms with Gasteiger partial charge in [0.1, 0.15) is 23.2 Å². The van der Waals surface area contributed by atoms with Crippen molar-refractivity contribution in [2.24, 2.45) is 5.92 Å². The lowest BCUT2D eigenvalue weighted by molar-refractivity contribution is -0.141. The first kappa shape index (κ1) is 30.9. The highest BCUT2D eigenvalue weighted by molar-refractivity contribution is 7.88. The van der Waals surface area contributed by atoms with Crippen molar-refractivity contribution >= 4 is 34.0 Å². The number of hydrogen-bond donors (Lipinski definition) is 4. The van der Waals surface area contributed by atoms with Crippen LogP contribution in [-0.4, -0.2) is 73.4 Å². The zero-order valence-corrected chi connectivity index (χ0v) is 24.2. The molecule has 2 fully saturated rings. The minimum Gasteiger partial charge on any atom is -0.444 e. The molecule has 2 aliphatic heterocycles. The Balaban J connectivity index is 1.82. The van der Waals surface area contributed by atoms with E-state index in [0.29, 0.717) is 38.6 Å². The molecule has 0 spiro atoms. The number of amides is 4. The number of nitrogens with zero attached hydrogens (tertiary/aromatic N) is 1. The molecule has 39 heavy (non-hydrogen) atoms. The van der Waals surface area contributed by atoms with Crippen LogP contribution in [0.1, 0.15) is 85.5 Å². The van der Waals surface area contributed by atoms with Crippen LogP contribution in [0.4, 0.5) is 4.79 Å². The minimum atomic E-state index is -4.09. The quantitative estimate of drug-likeness (QED) is 0.353. The van der Waals surface area contributed by atoms with Gasteiger partial charge in [0.15, 0.2) is 0 Å². The van der Waals surface area contributed by atoms with E-state index in [-0.39, 0.29) is 24.8 Å². The highest BCUT2D eigenvalue weighted by Gasteiger charge is 2.61. The van der Waals surface area contributed by atoms with Crippen LogP contribution in [-0.2, 0) is 29.3 Å². The first-order valence-corrected chi connectivity index (χ1v) is 15.4. The van der Waals surface area contributed by atoms with E-state index >= 15 is 0 Å². The van der Waals surface area contributed by atoms with Gasteiger partial charge in [-0.3, -0.25) is 14.4 Å². The van der Waals surface area contributed by atoms with Gasteiger partial charge in [-0.15, -0.1) is 0 Å². The Morgan fingerprint density at radius 2 is 1.90 bits per heavy atom. The van der Waals surface area contributed by atoms with Crippen molar-refractivity contribution in [1.82, 2.24) is 25.0 Å². The van der Waals surface area contributed by atoms with Crippen molar-refractivity contribution in [3.8, 4) is 0 Å². The van der Waals surface area contributed by atoms with Crippen molar-refractivity contribution in [3.63, 3.8) is 0 Å². The fraction of sp³-hybridized carbons (Fsp3) is 0.769. The molecule has 4 N–H and O–H groups in total. The Hall–Kier alpha value is -2.67. The summed E-state index contributed by atoms with van der Waals surface area (Å²) in [4.78, 5) is 54.3. The summed E-state index contributed by atoms with van der Waals surface area (Å²) in [5.74, 6) is -2.06. The van der Waals surface area contributed by atoms with Crippen LogP contribution < -0.4 is 20.1 Å². The van der Waals surface area contributed by atoms with Crippen LogP contribution in [0.2, 0.25) is 0 Å². The lowest BCUT2D eigenvalue weighted by Crippen LogP contribution is -2.59. The van der Waals surface area contributed by atoms with Gasteiger partial charge in [-0.05, 0) is 65.7 Å². The molecule has 0 unspecified atom stereocenters. The number of allylic oxidation sites excluding steroid dienone is 1. The molecule has 3 aliphatic rings. The molecule has 0 aromatic carbocycles. The number of carbonyl (C=O) groups is 4. The second kappa shape index (κ2) is 12.7. The van der Waals surface area contributed by atoms with Gasteiger partial charge in [0.25, 0.3) is 5.91 Å². The molecular weight excluding hydrogens is 526 g/mol. The van der Waals surface area contributed by atoms with Crippen molar-refractivity contribution < 1.29 is 32.3 Å². The van der Waals surface area contributed by atoms with Crippen molar-refractivity contribution in [3.05, 3.63) is 12.2 Å². The molecule has 4 atom stereocenters. The van der Waals surface area contributed by atoms with Crippen LogP contribution in [0.15, 0.2) is 12.2 Å². The van der Waals surface area contributed by atoms with Crippen LogP contribution in [0.5, 0.6) is 0 Å². The van der Waals surface area contributed by atoms with Gasteiger partial charge in [-0.1, -0.05) is 31.9 Å². The van der Waals surface area contributed by atoms with E-state index in [1.54, 1.807) is 27.7 Å². The molecule has 4 amide bonds. The Morgan fingerprint density at radius 3 is 2.59 bits per heavy atom. The lowest BCUT2D eigenvalue weighted by atomic mass is 10.0. The second-order valence-corrected chi connectivity index (χ2v) is 13.1. The number of ether oxygens (including phenoxy) is 1. The topological polar surface area (TPSA) is 163 Å². The first-order chi connectivity index (χ1) is 18.3. The minimum absolute atomic E-state index is 0.170. The van der Waals surface area contributed by atoms with E-state index in [1.807, 2.05) is 12.2 Å². The standard InChI is InChI=1S/C26H43N5O7S/c1-5-15-27-39(36,37)30-23(34)26-17-18(26)12-9-7-6-8-10-13-19(28-24(35)38-25(2,3)4)22(33)31-16-11-14-20(31)21(32)29-26/h9,12,18-20,27H,5-8,10-11,13-17H2,1-4H3,(H,28,35)(H,29,32)(H,30,34)/b12-9-/t18-,19+,20+,26-/m1/s1. The van der Waals surface area contributed by atoms with E-state index in [9.17, 15) is 27.6 Å². The molecular formula is C26H43N5O7S. The van der Waals surface area contributed by atoms with Crippen LogP contribution in [0.25, 0.3) is 0 Å². The van der Waals surface area contributed by atoms with Gasteiger partial charge in [-0.25, -0.2) is 9.52 Å². The third-order valence-electron chi connectivity index (χ3n) is 7.09. The van der Waals surface area contributed by atoms with Crippen LogP contribution >= 0.6 is 0 Å². The zero-order valence-electron chi connectivity index (χ0n) is 23.4. The third kappa shape index (κ3) is 8.41. The summed E-state index contributed by atoms with van der Waals surface area (Å²) in [5, 5.41) is 5.49. The van der Waals surface area contributed by atoms with E-state index in [4.69, 9.17) is 4.74 Å².